The van der Waals surface area contributed by atoms with Crippen molar-refractivity contribution < 1.29 is 52.8 Å². The lowest BCUT2D eigenvalue weighted by atomic mass is 10.00. The minimum absolute atomic E-state index is 0.0444. The van der Waals surface area contributed by atoms with Crippen LogP contribution >= 0.6 is 0 Å². The van der Waals surface area contributed by atoms with Gasteiger partial charge in [-0.1, -0.05) is 152 Å². The van der Waals surface area contributed by atoms with Gasteiger partial charge < -0.3 is 52.8 Å². The molecule has 2 fully saturated rings. The molecule has 0 unspecified atom stereocenters. The first-order valence-corrected chi connectivity index (χ1v) is 20.1. The van der Waals surface area contributed by atoms with E-state index < -0.39 is 61.4 Å². The molecule has 312 valence electrons. The van der Waals surface area contributed by atoms with Crippen molar-refractivity contribution in [2.45, 2.75) is 94.4 Å². The summed E-state index contributed by atoms with van der Waals surface area (Å²) in [5, 5.41) is 23.8. The number of aliphatic hydroxyl groups is 2. The van der Waals surface area contributed by atoms with E-state index in [2.05, 4.69) is 0 Å². The molecule has 0 aromatic heterocycles. The van der Waals surface area contributed by atoms with Crippen LogP contribution in [0.2, 0.25) is 0 Å². The first-order chi connectivity index (χ1) is 29.1. The molecular weight excluding hydrogens is 753 g/mol. The molecule has 7 rings (SSSR count). The zero-order chi connectivity index (χ0) is 40.7. The first-order valence-electron chi connectivity index (χ1n) is 20.1. The van der Waals surface area contributed by atoms with Crippen molar-refractivity contribution in [2.24, 2.45) is 0 Å². The van der Waals surface area contributed by atoms with E-state index in [0.29, 0.717) is 13.2 Å². The van der Waals surface area contributed by atoms with Crippen molar-refractivity contribution in [3.63, 3.8) is 0 Å². The second kappa shape index (κ2) is 22.3. The molecule has 11 nitrogen and oxygen atoms in total. The largest absolute Gasteiger partial charge is 0.387 e. The molecule has 0 spiro atoms. The summed E-state index contributed by atoms with van der Waals surface area (Å²) < 4.78 is 57.4. The third-order valence-corrected chi connectivity index (χ3v) is 10.4. The summed E-state index contributed by atoms with van der Waals surface area (Å²) in [6, 6.07) is 48.8. The smallest absolute Gasteiger partial charge is 0.186 e. The zero-order valence-electron chi connectivity index (χ0n) is 33.2. The summed E-state index contributed by atoms with van der Waals surface area (Å²) in [4.78, 5) is 0. The lowest BCUT2D eigenvalue weighted by Crippen LogP contribution is -2.50. The highest BCUT2D eigenvalue weighted by Gasteiger charge is 2.50. The van der Waals surface area contributed by atoms with Gasteiger partial charge in [0, 0.05) is 7.11 Å². The Kier molecular flexibility index (Phi) is 16.2. The van der Waals surface area contributed by atoms with Gasteiger partial charge in [-0.15, -0.1) is 0 Å². The van der Waals surface area contributed by atoms with E-state index in [-0.39, 0.29) is 33.0 Å². The van der Waals surface area contributed by atoms with Gasteiger partial charge in [0.15, 0.2) is 12.6 Å². The van der Waals surface area contributed by atoms with E-state index in [0.717, 1.165) is 27.8 Å². The number of aliphatic hydroxyl groups excluding tert-OH is 2. The van der Waals surface area contributed by atoms with E-state index in [9.17, 15) is 10.2 Å². The molecule has 11 heteroatoms. The van der Waals surface area contributed by atoms with E-state index in [4.69, 9.17) is 42.6 Å². The predicted octanol–water partition coefficient (Wildman–Crippen LogP) is 6.38. The lowest BCUT2D eigenvalue weighted by molar-refractivity contribution is -0.252. The van der Waals surface area contributed by atoms with E-state index in [1.54, 1.807) is 7.11 Å². The second-order valence-corrected chi connectivity index (χ2v) is 14.7. The Morgan fingerprint density at radius 2 is 0.746 bits per heavy atom. The van der Waals surface area contributed by atoms with Crippen molar-refractivity contribution in [3.05, 3.63) is 179 Å². The van der Waals surface area contributed by atoms with Crippen molar-refractivity contribution in [1.82, 2.24) is 0 Å². The highest BCUT2D eigenvalue weighted by atomic mass is 16.7. The SMILES string of the molecule is CO[C@H]1O[C@H](CO[C@H]2O[C@H](COCc3ccccc3)[C@@H](OCc3ccccc3)[C@H](OCc3ccccc3)[C@H](O)[C@H]2O)[C@@H](OCc2ccccc2)[C@@H]1OCc1ccccc1. The Bertz CT molecular complexity index is 1890. The molecule has 2 saturated heterocycles. The normalized spacial score (nSPS) is 27.0. The topological polar surface area (TPSA) is 124 Å². The van der Waals surface area contributed by atoms with Crippen LogP contribution in [-0.2, 0) is 75.7 Å². The summed E-state index contributed by atoms with van der Waals surface area (Å²) in [6.45, 7) is 1.20. The highest BCUT2D eigenvalue weighted by molar-refractivity contribution is 5.17. The lowest BCUT2D eigenvalue weighted by Gasteiger charge is -2.33. The van der Waals surface area contributed by atoms with Crippen LogP contribution in [0.15, 0.2) is 152 Å². The van der Waals surface area contributed by atoms with Crippen LogP contribution in [0.25, 0.3) is 0 Å². The maximum atomic E-state index is 12.0. The number of hydrogen-bond donors (Lipinski definition) is 2. The molecule has 0 aliphatic carbocycles. The van der Waals surface area contributed by atoms with Crippen LogP contribution < -0.4 is 0 Å². The summed E-state index contributed by atoms with van der Waals surface area (Å²) in [5.74, 6) is 0. The van der Waals surface area contributed by atoms with Crippen molar-refractivity contribution in [2.75, 3.05) is 20.3 Å². The second-order valence-electron chi connectivity index (χ2n) is 14.7. The average molecular weight is 807 g/mol. The van der Waals surface area contributed by atoms with Crippen molar-refractivity contribution >= 4 is 0 Å². The van der Waals surface area contributed by atoms with Crippen LogP contribution in [0.3, 0.4) is 0 Å². The van der Waals surface area contributed by atoms with Crippen LogP contribution in [0.1, 0.15) is 27.8 Å². The van der Waals surface area contributed by atoms with E-state index in [1.807, 2.05) is 152 Å². The van der Waals surface area contributed by atoms with Crippen LogP contribution in [0.5, 0.6) is 0 Å². The Morgan fingerprint density at radius 1 is 0.390 bits per heavy atom. The monoisotopic (exact) mass is 806 g/mol. The van der Waals surface area contributed by atoms with Crippen LogP contribution in [0, 0.1) is 0 Å². The fraction of sp³-hybridized carbons (Fsp3) is 0.375. The first kappa shape index (κ1) is 42.8. The Labute approximate surface area is 346 Å². The Morgan fingerprint density at radius 3 is 1.19 bits per heavy atom. The summed E-state index contributed by atoms with van der Waals surface area (Å²) >= 11 is 0. The summed E-state index contributed by atoms with van der Waals surface area (Å²) in [6.07, 6.45) is -9.86. The average Bonchev–Trinajstić information content (AvgIpc) is 3.59. The Balaban J connectivity index is 1.12. The summed E-state index contributed by atoms with van der Waals surface area (Å²) in [5.41, 5.74) is 4.75. The van der Waals surface area contributed by atoms with Gasteiger partial charge in [-0.05, 0) is 27.8 Å². The van der Waals surface area contributed by atoms with Gasteiger partial charge in [0.25, 0.3) is 0 Å². The highest BCUT2D eigenvalue weighted by Crippen LogP contribution is 2.32. The Hall–Kier alpha value is -4.34. The third kappa shape index (κ3) is 12.1. The van der Waals surface area contributed by atoms with Gasteiger partial charge in [0.1, 0.15) is 48.8 Å². The van der Waals surface area contributed by atoms with Gasteiger partial charge in [-0.2, -0.15) is 0 Å². The third-order valence-electron chi connectivity index (χ3n) is 10.4. The van der Waals surface area contributed by atoms with Crippen molar-refractivity contribution in [3.8, 4) is 0 Å². The molecule has 5 aromatic carbocycles. The molecule has 2 heterocycles. The van der Waals surface area contributed by atoms with Gasteiger partial charge in [-0.25, -0.2) is 0 Å². The molecule has 2 aliphatic rings. The predicted molar refractivity (Wildman–Crippen MR) is 218 cm³/mol. The number of hydrogen-bond acceptors (Lipinski definition) is 11. The molecule has 10 atom stereocenters. The summed E-state index contributed by atoms with van der Waals surface area (Å²) in [7, 11) is 1.56. The molecule has 2 aliphatic heterocycles. The minimum Gasteiger partial charge on any atom is -0.387 e. The molecule has 2 N–H and O–H groups in total. The molecule has 0 radical (unpaired) electrons. The molecule has 59 heavy (non-hydrogen) atoms. The number of benzene rings is 5. The van der Waals surface area contributed by atoms with Crippen LogP contribution in [-0.4, -0.2) is 91.9 Å². The number of methoxy groups -OCH3 is 1. The number of rotatable bonds is 20. The van der Waals surface area contributed by atoms with Gasteiger partial charge >= 0.3 is 0 Å². The quantitative estimate of drug-likeness (QED) is 0.0912. The molecule has 5 aromatic rings. The van der Waals surface area contributed by atoms with Gasteiger partial charge in [0.05, 0.1) is 46.2 Å². The maximum Gasteiger partial charge on any atom is 0.186 e. The molecule has 0 bridgehead atoms. The zero-order valence-corrected chi connectivity index (χ0v) is 33.2. The maximum absolute atomic E-state index is 12.0. The minimum atomic E-state index is -1.55. The fourth-order valence-electron chi connectivity index (χ4n) is 7.28. The van der Waals surface area contributed by atoms with E-state index >= 15 is 0 Å². The fourth-order valence-corrected chi connectivity index (χ4v) is 7.28. The van der Waals surface area contributed by atoms with E-state index in [1.165, 1.54) is 0 Å². The van der Waals surface area contributed by atoms with Gasteiger partial charge in [0.2, 0.25) is 0 Å². The molecule has 0 saturated carbocycles. The molecular formula is C48H54O11. The van der Waals surface area contributed by atoms with Crippen molar-refractivity contribution in [1.29, 1.82) is 0 Å². The number of ether oxygens (including phenoxy) is 9. The molecule has 0 amide bonds. The van der Waals surface area contributed by atoms with Gasteiger partial charge in [-0.3, -0.25) is 0 Å². The van der Waals surface area contributed by atoms with Crippen LogP contribution in [0.4, 0.5) is 0 Å². The standard InChI is InChI=1S/C48H54O11/c1-51-48-46(56-31-38-25-15-6-16-26-38)44(54-29-36-21-11-4-12-22-36)40(59-48)33-57-47-42(50)41(49)45(55-30-37-23-13-5-14-24-37)43(53-28-35-19-9-3-10-20-35)39(58-47)32-52-27-34-17-7-2-8-18-34/h2-26,39-50H,27-33H2,1H3/t39-,40-,41-,42-,43-,44-,45-,46+,47+,48+/m1/s1.